The van der Waals surface area contributed by atoms with Gasteiger partial charge in [0.1, 0.15) is 5.60 Å². The zero-order chi connectivity index (χ0) is 13.8. The SMILES string of the molecule is CCN(CC)CC(N)c1noc(C(C)(C)OC)n1. The first-order valence-electron chi connectivity index (χ1n) is 6.31. The van der Waals surface area contributed by atoms with Gasteiger partial charge < -0.3 is 19.9 Å². The maximum absolute atomic E-state index is 6.08. The molecular formula is C12H24N4O2. The Morgan fingerprint density at radius 1 is 1.39 bits per heavy atom. The summed E-state index contributed by atoms with van der Waals surface area (Å²) in [5.74, 6) is 0.983. The van der Waals surface area contributed by atoms with Gasteiger partial charge in [-0.2, -0.15) is 4.98 Å². The van der Waals surface area contributed by atoms with Crippen molar-refractivity contribution in [2.45, 2.75) is 39.3 Å². The molecule has 1 aromatic rings. The minimum absolute atomic E-state index is 0.241. The third-order valence-corrected chi connectivity index (χ3v) is 3.15. The third kappa shape index (κ3) is 3.51. The Labute approximate surface area is 108 Å². The predicted octanol–water partition coefficient (Wildman–Crippen LogP) is 1.29. The van der Waals surface area contributed by atoms with E-state index in [1.165, 1.54) is 0 Å². The van der Waals surface area contributed by atoms with Crippen LogP contribution < -0.4 is 5.73 Å². The summed E-state index contributed by atoms with van der Waals surface area (Å²) in [4.78, 5) is 6.54. The van der Waals surface area contributed by atoms with E-state index in [0.29, 0.717) is 11.7 Å². The molecule has 0 amide bonds. The van der Waals surface area contributed by atoms with E-state index in [1.807, 2.05) is 13.8 Å². The van der Waals surface area contributed by atoms with Gasteiger partial charge in [-0.25, -0.2) is 0 Å². The number of likely N-dealkylation sites (N-methyl/N-ethyl adjacent to an activating group) is 1. The van der Waals surface area contributed by atoms with Gasteiger partial charge in [0.05, 0.1) is 6.04 Å². The third-order valence-electron chi connectivity index (χ3n) is 3.15. The molecule has 0 aliphatic rings. The highest BCUT2D eigenvalue weighted by Gasteiger charge is 2.28. The summed E-state index contributed by atoms with van der Waals surface area (Å²) < 4.78 is 10.5. The van der Waals surface area contributed by atoms with Crippen molar-refractivity contribution in [2.75, 3.05) is 26.7 Å². The summed E-state index contributed by atoms with van der Waals surface area (Å²) in [5, 5.41) is 3.93. The summed E-state index contributed by atoms with van der Waals surface area (Å²) in [6.45, 7) is 10.6. The van der Waals surface area contributed by atoms with Crippen LogP contribution in [0.4, 0.5) is 0 Å². The minimum Gasteiger partial charge on any atom is -0.369 e. The minimum atomic E-state index is -0.583. The number of nitrogens with two attached hydrogens (primary N) is 1. The molecule has 6 nitrogen and oxygen atoms in total. The van der Waals surface area contributed by atoms with Gasteiger partial charge >= 0.3 is 0 Å². The van der Waals surface area contributed by atoms with Crippen molar-refractivity contribution in [1.29, 1.82) is 0 Å². The monoisotopic (exact) mass is 256 g/mol. The Hall–Kier alpha value is -0.980. The van der Waals surface area contributed by atoms with Crippen molar-refractivity contribution >= 4 is 0 Å². The molecule has 0 bridgehead atoms. The molecule has 1 aromatic heterocycles. The zero-order valence-electron chi connectivity index (χ0n) is 11.9. The first-order chi connectivity index (χ1) is 8.44. The highest BCUT2D eigenvalue weighted by Crippen LogP contribution is 2.22. The number of aromatic nitrogens is 2. The molecule has 0 aliphatic heterocycles. The van der Waals surface area contributed by atoms with Crippen LogP contribution in [-0.2, 0) is 10.3 Å². The fraction of sp³-hybridized carbons (Fsp3) is 0.833. The average Bonchev–Trinajstić information content (AvgIpc) is 2.86. The van der Waals surface area contributed by atoms with Crippen molar-refractivity contribution < 1.29 is 9.26 Å². The topological polar surface area (TPSA) is 77.4 Å². The van der Waals surface area contributed by atoms with Gasteiger partial charge in [0.25, 0.3) is 5.89 Å². The van der Waals surface area contributed by atoms with E-state index >= 15 is 0 Å². The van der Waals surface area contributed by atoms with Crippen LogP contribution in [0.25, 0.3) is 0 Å². The molecule has 0 radical (unpaired) electrons. The van der Waals surface area contributed by atoms with Crippen LogP contribution in [0.3, 0.4) is 0 Å². The van der Waals surface area contributed by atoms with Crippen LogP contribution in [0, 0.1) is 0 Å². The van der Waals surface area contributed by atoms with Gasteiger partial charge in [-0.05, 0) is 26.9 Å². The molecule has 0 aromatic carbocycles. The van der Waals surface area contributed by atoms with Gasteiger partial charge in [-0.1, -0.05) is 19.0 Å². The molecular weight excluding hydrogens is 232 g/mol. The smallest absolute Gasteiger partial charge is 0.258 e. The van der Waals surface area contributed by atoms with Gasteiger partial charge in [0, 0.05) is 13.7 Å². The van der Waals surface area contributed by atoms with Gasteiger partial charge in [0.2, 0.25) is 0 Å². The molecule has 2 N–H and O–H groups in total. The first-order valence-corrected chi connectivity index (χ1v) is 6.31. The van der Waals surface area contributed by atoms with E-state index in [-0.39, 0.29) is 6.04 Å². The number of ether oxygens (including phenoxy) is 1. The fourth-order valence-electron chi connectivity index (χ4n) is 1.56. The zero-order valence-corrected chi connectivity index (χ0v) is 11.9. The Kier molecular flexibility index (Phi) is 5.25. The van der Waals surface area contributed by atoms with E-state index < -0.39 is 5.60 Å². The van der Waals surface area contributed by atoms with Gasteiger partial charge in [0.15, 0.2) is 5.82 Å². The molecule has 1 unspecified atom stereocenters. The van der Waals surface area contributed by atoms with Crippen molar-refractivity contribution in [2.24, 2.45) is 5.73 Å². The van der Waals surface area contributed by atoms with Crippen molar-refractivity contribution in [1.82, 2.24) is 15.0 Å². The molecule has 18 heavy (non-hydrogen) atoms. The summed E-state index contributed by atoms with van der Waals surface area (Å²) in [6, 6.07) is -0.241. The molecule has 0 fully saturated rings. The quantitative estimate of drug-likeness (QED) is 0.792. The first kappa shape index (κ1) is 15.1. The van der Waals surface area contributed by atoms with E-state index in [0.717, 1.165) is 19.6 Å². The van der Waals surface area contributed by atoms with Crippen LogP contribution in [0.2, 0.25) is 0 Å². The van der Waals surface area contributed by atoms with Crippen LogP contribution in [0.1, 0.15) is 45.5 Å². The lowest BCUT2D eigenvalue weighted by Crippen LogP contribution is -2.32. The predicted molar refractivity (Wildman–Crippen MR) is 69.0 cm³/mol. The molecule has 1 heterocycles. The largest absolute Gasteiger partial charge is 0.369 e. The molecule has 1 rings (SSSR count). The second-order valence-corrected chi connectivity index (χ2v) is 4.76. The number of hydrogen-bond acceptors (Lipinski definition) is 6. The van der Waals surface area contributed by atoms with E-state index in [1.54, 1.807) is 7.11 Å². The van der Waals surface area contributed by atoms with Gasteiger partial charge in [-0.3, -0.25) is 0 Å². The maximum atomic E-state index is 6.08. The van der Waals surface area contributed by atoms with Crippen molar-refractivity contribution in [3.8, 4) is 0 Å². The molecule has 0 spiro atoms. The molecule has 0 aliphatic carbocycles. The Balaban J connectivity index is 2.73. The van der Waals surface area contributed by atoms with E-state index in [4.69, 9.17) is 15.0 Å². The maximum Gasteiger partial charge on any atom is 0.258 e. The summed E-state index contributed by atoms with van der Waals surface area (Å²) in [6.07, 6.45) is 0. The highest BCUT2D eigenvalue weighted by atomic mass is 16.5. The summed E-state index contributed by atoms with van der Waals surface area (Å²) in [5.41, 5.74) is 5.49. The molecule has 0 saturated carbocycles. The Bertz CT molecular complexity index is 361. The molecule has 1 atom stereocenters. The van der Waals surface area contributed by atoms with Crippen LogP contribution >= 0.6 is 0 Å². The number of nitrogens with zero attached hydrogens (tertiary/aromatic N) is 3. The lowest BCUT2D eigenvalue weighted by atomic mass is 10.1. The van der Waals surface area contributed by atoms with Crippen molar-refractivity contribution in [3.63, 3.8) is 0 Å². The van der Waals surface area contributed by atoms with E-state index in [9.17, 15) is 0 Å². The normalized spacial score (nSPS) is 14.2. The molecule has 104 valence electrons. The second kappa shape index (κ2) is 6.26. The average molecular weight is 256 g/mol. The van der Waals surface area contributed by atoms with Crippen LogP contribution in [-0.4, -0.2) is 41.8 Å². The molecule has 0 saturated heterocycles. The highest BCUT2D eigenvalue weighted by molar-refractivity contribution is 4.99. The lowest BCUT2D eigenvalue weighted by Gasteiger charge is -2.20. The van der Waals surface area contributed by atoms with Crippen LogP contribution in [0.5, 0.6) is 0 Å². The number of hydrogen-bond donors (Lipinski definition) is 1. The van der Waals surface area contributed by atoms with E-state index in [2.05, 4.69) is 28.9 Å². The number of methoxy groups -OCH3 is 1. The number of rotatable bonds is 7. The van der Waals surface area contributed by atoms with Gasteiger partial charge in [-0.15, -0.1) is 0 Å². The lowest BCUT2D eigenvalue weighted by molar-refractivity contribution is -0.00786. The fourth-order valence-corrected chi connectivity index (χ4v) is 1.56. The Morgan fingerprint density at radius 3 is 2.50 bits per heavy atom. The summed E-state index contributed by atoms with van der Waals surface area (Å²) in [7, 11) is 1.61. The van der Waals surface area contributed by atoms with Crippen molar-refractivity contribution in [3.05, 3.63) is 11.7 Å². The summed E-state index contributed by atoms with van der Waals surface area (Å²) >= 11 is 0. The standard InChI is InChI=1S/C12H24N4O2/c1-6-16(7-2)8-9(13)10-14-11(18-15-10)12(3,4)17-5/h9H,6-8,13H2,1-5H3. The Morgan fingerprint density at radius 2 is 2.00 bits per heavy atom. The molecule has 6 heteroatoms. The second-order valence-electron chi connectivity index (χ2n) is 4.76. The van der Waals surface area contributed by atoms with Crippen LogP contribution in [0.15, 0.2) is 4.52 Å².